The van der Waals surface area contributed by atoms with Crippen molar-refractivity contribution >= 4 is 40.4 Å². The number of hydrogen-bond donors (Lipinski definition) is 2. The van der Waals surface area contributed by atoms with Gasteiger partial charge in [-0.3, -0.25) is 9.59 Å². The Morgan fingerprint density at radius 3 is 2.14 bits per heavy atom. The van der Waals surface area contributed by atoms with E-state index in [1.807, 2.05) is 66.0 Å². The maximum atomic E-state index is 13.1. The highest BCUT2D eigenvalue weighted by atomic mass is 32.1. The molecule has 0 aliphatic heterocycles. The Morgan fingerprint density at radius 1 is 0.791 bits per heavy atom. The Balaban J connectivity index is 1.22. The van der Waals surface area contributed by atoms with Gasteiger partial charge in [0.15, 0.2) is 5.78 Å². The zero-order chi connectivity index (χ0) is 30.0. The number of rotatable bonds is 13. The van der Waals surface area contributed by atoms with E-state index in [9.17, 15) is 19.5 Å². The third-order valence-electron chi connectivity index (χ3n) is 6.83. The highest BCUT2D eigenvalue weighted by Crippen LogP contribution is 2.23. The second kappa shape index (κ2) is 14.1. The molecular weight excluding hydrogens is 560 g/mol. The Hall–Kier alpha value is -5.21. The average Bonchev–Trinajstić information content (AvgIpc) is 3.59. The van der Waals surface area contributed by atoms with Crippen molar-refractivity contribution in [3.05, 3.63) is 148 Å². The van der Waals surface area contributed by atoms with Crippen molar-refractivity contribution in [3.63, 3.8) is 0 Å². The monoisotopic (exact) mass is 590 g/mol. The first-order chi connectivity index (χ1) is 21.0. The number of para-hydroxylation sites is 2. The van der Waals surface area contributed by atoms with Gasteiger partial charge in [0.25, 0.3) is 5.91 Å². The molecule has 8 heteroatoms. The van der Waals surface area contributed by atoms with Crippen molar-refractivity contribution < 1.29 is 24.2 Å². The van der Waals surface area contributed by atoms with E-state index in [1.54, 1.807) is 65.6 Å². The van der Waals surface area contributed by atoms with Gasteiger partial charge in [-0.1, -0.05) is 78.9 Å². The lowest BCUT2D eigenvalue weighted by Gasteiger charge is -2.22. The predicted octanol–water partition coefficient (Wildman–Crippen LogP) is 6.81. The molecule has 5 rings (SSSR count). The molecule has 0 bridgehead atoms. The third-order valence-corrected chi connectivity index (χ3v) is 7.69. The molecule has 2 N–H and O–H groups in total. The average molecular weight is 591 g/mol. The van der Waals surface area contributed by atoms with Gasteiger partial charge in [-0.25, -0.2) is 4.79 Å². The number of aliphatic carboxylic acids is 1. The SMILES string of the molecule is O=C(c1ccccc1)c1ccccc1N[C@H](Cc1ccc(OCCN(C(=O)c2cccs2)c2ccccc2)cc1)C(=O)O. The van der Waals surface area contributed by atoms with E-state index in [4.69, 9.17) is 4.74 Å². The molecule has 5 aromatic rings. The zero-order valence-corrected chi connectivity index (χ0v) is 24.1. The Labute approximate surface area is 254 Å². The van der Waals surface area contributed by atoms with Crippen LogP contribution >= 0.6 is 11.3 Å². The molecule has 0 aliphatic carbocycles. The lowest BCUT2D eigenvalue weighted by Crippen LogP contribution is -2.34. The number of amides is 1. The first kappa shape index (κ1) is 29.3. The number of hydrogen-bond acceptors (Lipinski definition) is 6. The Morgan fingerprint density at radius 2 is 1.47 bits per heavy atom. The predicted molar refractivity (Wildman–Crippen MR) is 169 cm³/mol. The van der Waals surface area contributed by atoms with E-state index in [0.29, 0.717) is 34.0 Å². The van der Waals surface area contributed by atoms with Crippen LogP contribution in [0.3, 0.4) is 0 Å². The molecule has 0 radical (unpaired) electrons. The fourth-order valence-electron chi connectivity index (χ4n) is 4.64. The largest absolute Gasteiger partial charge is 0.492 e. The smallest absolute Gasteiger partial charge is 0.326 e. The van der Waals surface area contributed by atoms with Crippen LogP contribution < -0.4 is 15.0 Å². The van der Waals surface area contributed by atoms with E-state index in [0.717, 1.165) is 11.3 Å². The fourth-order valence-corrected chi connectivity index (χ4v) is 5.31. The summed E-state index contributed by atoms with van der Waals surface area (Å²) in [5, 5.41) is 14.9. The number of carbonyl (C=O) groups is 3. The standard InChI is InChI=1S/C35H30N2O5S/c38-33(26-10-3-1-4-11-26)29-14-7-8-15-30(29)36-31(35(40)41)24-25-17-19-28(20-18-25)42-22-21-37(27-12-5-2-6-13-27)34(39)32-16-9-23-43-32/h1-20,23,31,36H,21-22,24H2,(H,40,41)/t31-/m1/s1. The molecule has 0 saturated carbocycles. The highest BCUT2D eigenvalue weighted by molar-refractivity contribution is 7.12. The van der Waals surface area contributed by atoms with Gasteiger partial charge in [0.05, 0.1) is 11.4 Å². The summed E-state index contributed by atoms with van der Waals surface area (Å²) in [6, 6.07) is 35.2. The first-order valence-electron chi connectivity index (χ1n) is 13.8. The van der Waals surface area contributed by atoms with E-state index in [2.05, 4.69) is 5.32 Å². The summed E-state index contributed by atoms with van der Waals surface area (Å²) < 4.78 is 5.95. The maximum Gasteiger partial charge on any atom is 0.326 e. The van der Waals surface area contributed by atoms with Crippen LogP contribution in [0.2, 0.25) is 0 Å². The normalized spacial score (nSPS) is 11.3. The Bertz CT molecular complexity index is 1660. The molecule has 216 valence electrons. The topological polar surface area (TPSA) is 95.9 Å². The van der Waals surface area contributed by atoms with Crippen LogP contribution in [0, 0.1) is 0 Å². The van der Waals surface area contributed by atoms with Gasteiger partial charge >= 0.3 is 5.97 Å². The number of carbonyl (C=O) groups excluding carboxylic acids is 2. The van der Waals surface area contributed by atoms with E-state index < -0.39 is 12.0 Å². The van der Waals surface area contributed by atoms with Crippen LogP contribution in [-0.2, 0) is 11.2 Å². The summed E-state index contributed by atoms with van der Waals surface area (Å²) in [6.07, 6.45) is 0.195. The van der Waals surface area contributed by atoms with Crippen LogP contribution in [0.15, 0.2) is 127 Å². The van der Waals surface area contributed by atoms with Crippen LogP contribution in [0.1, 0.15) is 31.2 Å². The second-order valence-electron chi connectivity index (χ2n) is 9.74. The maximum absolute atomic E-state index is 13.1. The summed E-state index contributed by atoms with van der Waals surface area (Å²) in [7, 11) is 0. The number of carboxylic acids is 1. The molecule has 7 nitrogen and oxygen atoms in total. The minimum Gasteiger partial charge on any atom is -0.492 e. The van der Waals surface area contributed by atoms with Gasteiger partial charge in [-0.05, 0) is 53.4 Å². The number of ether oxygens (including phenoxy) is 1. The van der Waals surface area contributed by atoms with Crippen molar-refractivity contribution in [3.8, 4) is 5.75 Å². The molecule has 1 heterocycles. The van der Waals surface area contributed by atoms with Crippen molar-refractivity contribution in [1.29, 1.82) is 0 Å². The molecule has 0 saturated heterocycles. The zero-order valence-electron chi connectivity index (χ0n) is 23.3. The van der Waals surface area contributed by atoms with Gasteiger partial charge in [-0.15, -0.1) is 11.3 Å². The van der Waals surface area contributed by atoms with E-state index in [1.165, 1.54) is 11.3 Å². The van der Waals surface area contributed by atoms with Gasteiger partial charge in [-0.2, -0.15) is 0 Å². The van der Waals surface area contributed by atoms with Crippen LogP contribution in [0.25, 0.3) is 0 Å². The molecule has 4 aromatic carbocycles. The lowest BCUT2D eigenvalue weighted by atomic mass is 10.00. The first-order valence-corrected chi connectivity index (χ1v) is 14.7. The molecular formula is C35H30N2O5S. The highest BCUT2D eigenvalue weighted by Gasteiger charge is 2.22. The second-order valence-corrected chi connectivity index (χ2v) is 10.7. The lowest BCUT2D eigenvalue weighted by molar-refractivity contribution is -0.137. The number of nitrogens with zero attached hydrogens (tertiary/aromatic N) is 1. The number of carboxylic acid groups (broad SMARTS) is 1. The van der Waals surface area contributed by atoms with Gasteiger partial charge in [0.2, 0.25) is 0 Å². The summed E-state index contributed by atoms with van der Waals surface area (Å²) in [5.74, 6) is -0.686. The molecule has 1 amide bonds. The van der Waals surface area contributed by atoms with Crippen molar-refractivity contribution in [1.82, 2.24) is 0 Å². The van der Waals surface area contributed by atoms with Crippen LogP contribution in [-0.4, -0.2) is 42.0 Å². The molecule has 1 aromatic heterocycles. The summed E-state index contributed by atoms with van der Waals surface area (Å²) in [5.41, 5.74) is 2.98. The quantitative estimate of drug-likeness (QED) is 0.146. The Kier molecular flexibility index (Phi) is 9.61. The van der Waals surface area contributed by atoms with E-state index >= 15 is 0 Å². The summed E-state index contributed by atoms with van der Waals surface area (Å²) in [6.45, 7) is 0.630. The van der Waals surface area contributed by atoms with E-state index in [-0.39, 0.29) is 24.7 Å². The molecule has 0 aliphatic rings. The van der Waals surface area contributed by atoms with Gasteiger partial charge in [0, 0.05) is 28.9 Å². The molecule has 1 atom stereocenters. The van der Waals surface area contributed by atoms with Crippen molar-refractivity contribution in [2.75, 3.05) is 23.4 Å². The van der Waals surface area contributed by atoms with Gasteiger partial charge in [0.1, 0.15) is 18.4 Å². The molecule has 43 heavy (non-hydrogen) atoms. The minimum atomic E-state index is -1.03. The van der Waals surface area contributed by atoms with Gasteiger partial charge < -0.3 is 20.1 Å². The number of thiophene rings is 1. The summed E-state index contributed by atoms with van der Waals surface area (Å²) >= 11 is 1.40. The molecule has 0 spiro atoms. The summed E-state index contributed by atoms with van der Waals surface area (Å²) in [4.78, 5) is 40.8. The number of benzene rings is 4. The third kappa shape index (κ3) is 7.55. The minimum absolute atomic E-state index is 0.0839. The van der Waals surface area contributed by atoms with Crippen molar-refractivity contribution in [2.24, 2.45) is 0 Å². The van der Waals surface area contributed by atoms with Crippen molar-refractivity contribution in [2.45, 2.75) is 12.5 Å². The molecule has 0 unspecified atom stereocenters. The van der Waals surface area contributed by atoms with Crippen LogP contribution in [0.5, 0.6) is 5.75 Å². The molecule has 0 fully saturated rings. The number of anilines is 2. The van der Waals surface area contributed by atoms with Crippen LogP contribution in [0.4, 0.5) is 11.4 Å². The number of nitrogens with one attached hydrogen (secondary N) is 1. The fraction of sp³-hybridized carbons (Fsp3) is 0.114. The number of ketones is 1.